The highest BCUT2D eigenvalue weighted by molar-refractivity contribution is 4.94. The predicted octanol–water partition coefficient (Wildman–Crippen LogP) is -1.80. The van der Waals surface area contributed by atoms with Crippen molar-refractivity contribution < 1.29 is 25.2 Å². The summed E-state index contributed by atoms with van der Waals surface area (Å²) in [7, 11) is 0. The summed E-state index contributed by atoms with van der Waals surface area (Å²) in [6.07, 6.45) is -4.97. The van der Waals surface area contributed by atoms with Gasteiger partial charge < -0.3 is 25.2 Å². The highest BCUT2D eigenvalue weighted by Gasteiger charge is 2.48. The molecule has 1 saturated heterocycles. The first-order valence-corrected chi connectivity index (χ1v) is 3.76. The van der Waals surface area contributed by atoms with Gasteiger partial charge in [-0.1, -0.05) is 0 Å². The molecular formula is C7H14O5. The lowest BCUT2D eigenvalue weighted by Gasteiger charge is -2.26. The van der Waals surface area contributed by atoms with Crippen molar-refractivity contribution in [3.63, 3.8) is 0 Å². The Labute approximate surface area is 70.2 Å². The van der Waals surface area contributed by atoms with Crippen LogP contribution in [0.15, 0.2) is 0 Å². The van der Waals surface area contributed by atoms with Crippen molar-refractivity contribution in [1.82, 2.24) is 0 Å². The lowest BCUT2D eigenvalue weighted by molar-refractivity contribution is -0.165. The molecule has 12 heavy (non-hydrogen) atoms. The van der Waals surface area contributed by atoms with Crippen molar-refractivity contribution in [2.24, 2.45) is 0 Å². The minimum Gasteiger partial charge on any atom is -0.388 e. The van der Waals surface area contributed by atoms with Crippen LogP contribution < -0.4 is 0 Å². The average Bonchev–Trinajstić information content (AvgIpc) is 2.15. The van der Waals surface area contributed by atoms with E-state index >= 15 is 0 Å². The molecule has 0 amide bonds. The summed E-state index contributed by atoms with van der Waals surface area (Å²) in [4.78, 5) is 0. The van der Waals surface area contributed by atoms with Gasteiger partial charge in [-0.2, -0.15) is 0 Å². The Hall–Kier alpha value is -0.200. The Bertz CT molecular complexity index is 164. The smallest absolute Gasteiger partial charge is 0.184 e. The minimum absolute atomic E-state index is 0.956. The van der Waals surface area contributed by atoms with Gasteiger partial charge >= 0.3 is 0 Å². The number of hydrogen-bond donors (Lipinski definition) is 4. The van der Waals surface area contributed by atoms with Gasteiger partial charge in [0.2, 0.25) is 0 Å². The van der Waals surface area contributed by atoms with E-state index in [1.165, 1.54) is 13.8 Å². The summed E-state index contributed by atoms with van der Waals surface area (Å²) in [6.45, 7) is 2.87. The summed E-state index contributed by atoms with van der Waals surface area (Å²) < 4.78 is 4.76. The van der Waals surface area contributed by atoms with Crippen LogP contribution in [0, 0.1) is 0 Å². The van der Waals surface area contributed by atoms with Gasteiger partial charge in [-0.05, 0) is 13.8 Å². The molecule has 4 atom stereocenters. The largest absolute Gasteiger partial charge is 0.388 e. The molecule has 0 saturated carbocycles. The lowest BCUT2D eigenvalue weighted by Crippen LogP contribution is -2.45. The molecule has 1 fully saturated rings. The topological polar surface area (TPSA) is 90.2 Å². The molecule has 0 aliphatic carbocycles. The number of hydrogen-bond acceptors (Lipinski definition) is 5. The van der Waals surface area contributed by atoms with Crippen LogP contribution in [0.1, 0.15) is 13.8 Å². The molecule has 0 aromatic rings. The van der Waals surface area contributed by atoms with E-state index in [1.54, 1.807) is 0 Å². The first-order chi connectivity index (χ1) is 5.34. The molecule has 5 heteroatoms. The van der Waals surface area contributed by atoms with Crippen LogP contribution in [0.3, 0.4) is 0 Å². The molecule has 72 valence electrons. The molecule has 4 N–H and O–H groups in total. The highest BCUT2D eigenvalue weighted by Crippen LogP contribution is 2.27. The molecule has 0 radical (unpaired) electrons. The van der Waals surface area contributed by atoms with Crippen LogP contribution in [0.25, 0.3) is 0 Å². The molecule has 0 unspecified atom stereocenters. The zero-order valence-electron chi connectivity index (χ0n) is 7.01. The van der Waals surface area contributed by atoms with Crippen LogP contribution >= 0.6 is 0 Å². The van der Waals surface area contributed by atoms with Gasteiger partial charge in [-0.15, -0.1) is 0 Å². The average molecular weight is 178 g/mol. The van der Waals surface area contributed by atoms with Crippen LogP contribution in [0.5, 0.6) is 0 Å². The maximum atomic E-state index is 9.42. The summed E-state index contributed by atoms with van der Waals surface area (Å²) in [5.41, 5.74) is -1.28. The molecule has 1 aliphatic heterocycles. The monoisotopic (exact) mass is 178 g/mol. The summed E-state index contributed by atoms with van der Waals surface area (Å²) in [5, 5.41) is 36.7. The summed E-state index contributed by atoms with van der Waals surface area (Å²) >= 11 is 0. The number of rotatable bonds is 1. The second-order valence-electron chi connectivity index (χ2n) is 3.58. The van der Waals surface area contributed by atoms with E-state index in [4.69, 9.17) is 14.9 Å². The number of aliphatic hydroxyl groups is 4. The van der Waals surface area contributed by atoms with E-state index < -0.39 is 30.2 Å². The van der Waals surface area contributed by atoms with Crippen molar-refractivity contribution in [2.45, 2.75) is 44.1 Å². The van der Waals surface area contributed by atoms with E-state index in [0.717, 1.165) is 0 Å². The fraction of sp³-hybridized carbons (Fsp3) is 1.00. The van der Waals surface area contributed by atoms with Crippen LogP contribution in [-0.2, 0) is 4.74 Å². The fourth-order valence-corrected chi connectivity index (χ4v) is 1.24. The standard InChI is InChI=1S/C7H14O5/c1-7(2,11)5-3(8)4(9)6(10)12-5/h3-6,8-11H,1-2H3/t3-,4-,5-,6+/m1/s1. The Morgan fingerprint density at radius 2 is 1.58 bits per heavy atom. The number of ether oxygens (including phenoxy) is 1. The molecule has 0 spiro atoms. The maximum absolute atomic E-state index is 9.42. The van der Waals surface area contributed by atoms with Gasteiger partial charge in [0.05, 0.1) is 5.60 Å². The van der Waals surface area contributed by atoms with E-state index in [1.807, 2.05) is 0 Å². The van der Waals surface area contributed by atoms with Gasteiger partial charge in [0, 0.05) is 0 Å². The normalized spacial score (nSPS) is 43.5. The molecule has 0 aromatic carbocycles. The molecular weight excluding hydrogens is 164 g/mol. The molecule has 5 nitrogen and oxygen atoms in total. The Morgan fingerprint density at radius 1 is 1.08 bits per heavy atom. The minimum atomic E-state index is -1.42. The summed E-state index contributed by atoms with van der Waals surface area (Å²) in [5.74, 6) is 0. The quantitative estimate of drug-likeness (QED) is 0.380. The predicted molar refractivity (Wildman–Crippen MR) is 39.2 cm³/mol. The zero-order chi connectivity index (χ0) is 9.52. The van der Waals surface area contributed by atoms with Gasteiger partial charge in [0.1, 0.15) is 18.3 Å². The van der Waals surface area contributed by atoms with Crippen molar-refractivity contribution in [2.75, 3.05) is 0 Å². The summed E-state index contributed by atoms with van der Waals surface area (Å²) in [6, 6.07) is 0. The molecule has 1 heterocycles. The van der Waals surface area contributed by atoms with E-state index in [0.29, 0.717) is 0 Å². The van der Waals surface area contributed by atoms with Gasteiger partial charge in [-0.3, -0.25) is 0 Å². The first kappa shape index (κ1) is 9.88. The maximum Gasteiger partial charge on any atom is 0.184 e. The van der Waals surface area contributed by atoms with Gasteiger partial charge in [0.15, 0.2) is 6.29 Å². The van der Waals surface area contributed by atoms with Crippen molar-refractivity contribution >= 4 is 0 Å². The third-order valence-electron chi connectivity index (χ3n) is 1.93. The fourth-order valence-electron chi connectivity index (χ4n) is 1.24. The Balaban J connectivity index is 2.71. The van der Waals surface area contributed by atoms with Crippen molar-refractivity contribution in [3.8, 4) is 0 Å². The zero-order valence-corrected chi connectivity index (χ0v) is 7.01. The second kappa shape index (κ2) is 2.93. The Morgan fingerprint density at radius 3 is 1.75 bits per heavy atom. The van der Waals surface area contributed by atoms with Crippen LogP contribution in [0.2, 0.25) is 0 Å². The van der Waals surface area contributed by atoms with Crippen molar-refractivity contribution in [1.29, 1.82) is 0 Å². The van der Waals surface area contributed by atoms with Crippen LogP contribution in [-0.4, -0.2) is 50.6 Å². The van der Waals surface area contributed by atoms with Crippen LogP contribution in [0.4, 0.5) is 0 Å². The van der Waals surface area contributed by atoms with E-state index in [9.17, 15) is 10.2 Å². The first-order valence-electron chi connectivity index (χ1n) is 3.76. The Kier molecular flexibility index (Phi) is 2.42. The highest BCUT2D eigenvalue weighted by atomic mass is 16.6. The molecule has 0 aromatic heterocycles. The number of aliphatic hydroxyl groups excluding tert-OH is 3. The van der Waals surface area contributed by atoms with Gasteiger partial charge in [-0.25, -0.2) is 0 Å². The second-order valence-corrected chi connectivity index (χ2v) is 3.58. The third kappa shape index (κ3) is 1.60. The van der Waals surface area contributed by atoms with E-state index in [-0.39, 0.29) is 0 Å². The SMILES string of the molecule is CC(C)(O)[C@@H]1O[C@H](O)[C@H](O)[C@H]1O. The third-order valence-corrected chi connectivity index (χ3v) is 1.93. The lowest BCUT2D eigenvalue weighted by atomic mass is 9.96. The molecule has 0 bridgehead atoms. The molecule has 1 rings (SSSR count). The van der Waals surface area contributed by atoms with E-state index in [2.05, 4.69) is 0 Å². The van der Waals surface area contributed by atoms with Gasteiger partial charge in [0.25, 0.3) is 0 Å². The van der Waals surface area contributed by atoms with Crippen molar-refractivity contribution in [3.05, 3.63) is 0 Å². The molecule has 1 aliphatic rings.